The van der Waals surface area contributed by atoms with Crippen molar-refractivity contribution in [2.24, 2.45) is 0 Å². The number of benzene rings is 2. The maximum Gasteiger partial charge on any atom is 0.214 e. The third-order valence-corrected chi connectivity index (χ3v) is 4.25. The second-order valence-electron chi connectivity index (χ2n) is 4.98. The lowest BCUT2D eigenvalue weighted by atomic mass is 10.2. The Bertz CT molecular complexity index is 755. The first-order chi connectivity index (χ1) is 10.8. The van der Waals surface area contributed by atoms with Gasteiger partial charge in [0, 0.05) is 5.75 Å². The highest BCUT2D eigenvalue weighted by Crippen LogP contribution is 2.23. The highest BCUT2D eigenvalue weighted by Gasteiger charge is 2.09. The van der Waals surface area contributed by atoms with Crippen molar-refractivity contribution < 1.29 is 5.11 Å². The van der Waals surface area contributed by atoms with Crippen molar-refractivity contribution in [1.29, 1.82) is 0 Å². The Morgan fingerprint density at radius 1 is 1.09 bits per heavy atom. The average Bonchev–Trinajstić information content (AvgIpc) is 3.02. The van der Waals surface area contributed by atoms with Gasteiger partial charge in [-0.25, -0.2) is 0 Å². The lowest BCUT2D eigenvalue weighted by Crippen LogP contribution is -1.99. The minimum atomic E-state index is 0.0685. The molecular weight excluding hydrogens is 296 g/mol. The first-order valence-electron chi connectivity index (χ1n) is 6.93. The molecule has 0 radical (unpaired) electrons. The Kier molecular flexibility index (Phi) is 4.50. The van der Waals surface area contributed by atoms with E-state index in [1.165, 1.54) is 11.1 Å². The number of hydrogen-bond acceptors (Lipinski definition) is 5. The summed E-state index contributed by atoms with van der Waals surface area (Å²) in [5.74, 6) is 0.776. The van der Waals surface area contributed by atoms with Crippen LogP contribution in [0.2, 0.25) is 0 Å². The van der Waals surface area contributed by atoms with Gasteiger partial charge in [-0.05, 0) is 46.2 Å². The van der Waals surface area contributed by atoms with E-state index in [0.717, 1.165) is 22.2 Å². The highest BCUT2D eigenvalue weighted by atomic mass is 32.2. The van der Waals surface area contributed by atoms with Crippen LogP contribution in [0, 0.1) is 6.92 Å². The number of hydrogen-bond donors (Lipinski definition) is 1. The Balaban J connectivity index is 1.75. The molecule has 0 saturated heterocycles. The molecule has 3 rings (SSSR count). The van der Waals surface area contributed by atoms with Crippen molar-refractivity contribution in [3.63, 3.8) is 0 Å². The Hall–Kier alpha value is -2.18. The topological polar surface area (TPSA) is 63.8 Å². The third kappa shape index (κ3) is 3.35. The van der Waals surface area contributed by atoms with Crippen molar-refractivity contribution in [1.82, 2.24) is 20.2 Å². The van der Waals surface area contributed by atoms with Crippen LogP contribution in [0.1, 0.15) is 16.7 Å². The molecule has 0 spiro atoms. The summed E-state index contributed by atoms with van der Waals surface area (Å²) in [6.45, 7) is 2.11. The van der Waals surface area contributed by atoms with E-state index in [1.807, 2.05) is 49.4 Å². The highest BCUT2D eigenvalue weighted by molar-refractivity contribution is 7.98. The van der Waals surface area contributed by atoms with E-state index in [0.29, 0.717) is 0 Å². The van der Waals surface area contributed by atoms with Crippen LogP contribution in [0.3, 0.4) is 0 Å². The van der Waals surface area contributed by atoms with Crippen molar-refractivity contribution in [2.75, 3.05) is 0 Å². The van der Waals surface area contributed by atoms with E-state index >= 15 is 0 Å². The van der Waals surface area contributed by atoms with E-state index in [1.54, 1.807) is 16.4 Å². The van der Waals surface area contributed by atoms with Crippen molar-refractivity contribution in [2.45, 2.75) is 24.4 Å². The summed E-state index contributed by atoms with van der Waals surface area (Å²) >= 11 is 1.59. The summed E-state index contributed by atoms with van der Waals surface area (Å²) in [6.07, 6.45) is 0. The molecule has 0 aliphatic carbocycles. The zero-order valence-electron chi connectivity index (χ0n) is 12.2. The van der Waals surface area contributed by atoms with Gasteiger partial charge in [-0.1, -0.05) is 48.2 Å². The largest absolute Gasteiger partial charge is 0.392 e. The summed E-state index contributed by atoms with van der Waals surface area (Å²) in [5.41, 5.74) is 4.21. The Labute approximate surface area is 133 Å². The predicted octanol–water partition coefficient (Wildman–Crippen LogP) is 2.76. The number of rotatable bonds is 5. The Morgan fingerprint density at radius 2 is 1.86 bits per heavy atom. The first kappa shape index (κ1) is 14.7. The zero-order chi connectivity index (χ0) is 15.4. The van der Waals surface area contributed by atoms with Gasteiger partial charge in [0.1, 0.15) is 0 Å². The molecule has 0 bridgehead atoms. The zero-order valence-corrected chi connectivity index (χ0v) is 13.0. The van der Waals surface area contributed by atoms with Crippen molar-refractivity contribution in [3.8, 4) is 5.69 Å². The molecule has 1 aromatic heterocycles. The number of thioether (sulfide) groups is 1. The second kappa shape index (κ2) is 6.72. The van der Waals surface area contributed by atoms with Gasteiger partial charge in [-0.15, -0.1) is 5.10 Å². The van der Waals surface area contributed by atoms with Gasteiger partial charge in [0.25, 0.3) is 0 Å². The molecule has 0 atom stereocenters. The van der Waals surface area contributed by atoms with Gasteiger partial charge in [0.05, 0.1) is 12.3 Å². The second-order valence-corrected chi connectivity index (χ2v) is 5.92. The lowest BCUT2D eigenvalue weighted by Gasteiger charge is -2.05. The van der Waals surface area contributed by atoms with Gasteiger partial charge in [0.2, 0.25) is 5.16 Å². The maximum absolute atomic E-state index is 9.06. The minimum Gasteiger partial charge on any atom is -0.392 e. The number of aromatic nitrogens is 4. The number of aliphatic hydroxyl groups excluding tert-OH is 1. The molecule has 5 nitrogen and oxygen atoms in total. The number of aryl methyl sites for hydroxylation is 1. The van der Waals surface area contributed by atoms with Crippen LogP contribution in [0.4, 0.5) is 0 Å². The van der Waals surface area contributed by atoms with E-state index in [4.69, 9.17) is 5.11 Å². The summed E-state index contributed by atoms with van der Waals surface area (Å²) in [5, 5.41) is 21.8. The molecule has 0 fully saturated rings. The normalized spacial score (nSPS) is 10.8. The molecule has 112 valence electrons. The van der Waals surface area contributed by atoms with Crippen LogP contribution >= 0.6 is 11.8 Å². The molecule has 3 aromatic rings. The molecule has 22 heavy (non-hydrogen) atoms. The molecule has 1 N–H and O–H groups in total. The van der Waals surface area contributed by atoms with Gasteiger partial charge in [0.15, 0.2) is 0 Å². The van der Waals surface area contributed by atoms with E-state index in [9.17, 15) is 0 Å². The third-order valence-electron chi connectivity index (χ3n) is 3.26. The maximum atomic E-state index is 9.06. The molecule has 0 aliphatic heterocycles. The fourth-order valence-electron chi connectivity index (χ4n) is 2.08. The van der Waals surface area contributed by atoms with Gasteiger partial charge < -0.3 is 5.11 Å². The monoisotopic (exact) mass is 312 g/mol. The average molecular weight is 312 g/mol. The minimum absolute atomic E-state index is 0.0685. The van der Waals surface area contributed by atoms with Gasteiger partial charge in [-0.2, -0.15) is 4.68 Å². The molecular formula is C16H16N4OS. The number of tetrazole rings is 1. The van der Waals surface area contributed by atoms with E-state index in [2.05, 4.69) is 21.6 Å². The van der Waals surface area contributed by atoms with Gasteiger partial charge >= 0.3 is 0 Å². The number of nitrogens with zero attached hydrogens (tertiary/aromatic N) is 4. The van der Waals surface area contributed by atoms with Crippen LogP contribution < -0.4 is 0 Å². The molecule has 2 aromatic carbocycles. The van der Waals surface area contributed by atoms with Crippen LogP contribution in [0.25, 0.3) is 5.69 Å². The SMILES string of the molecule is Cc1cccc(-n2nnnc2SCc2ccc(CO)cc2)c1. The molecule has 0 amide bonds. The predicted molar refractivity (Wildman–Crippen MR) is 85.8 cm³/mol. The van der Waals surface area contributed by atoms with E-state index < -0.39 is 0 Å². The first-order valence-corrected chi connectivity index (χ1v) is 7.92. The fraction of sp³-hybridized carbons (Fsp3) is 0.188. The molecule has 1 heterocycles. The lowest BCUT2D eigenvalue weighted by molar-refractivity contribution is 0.282. The van der Waals surface area contributed by atoms with Crippen LogP contribution in [0.15, 0.2) is 53.7 Å². The van der Waals surface area contributed by atoms with E-state index in [-0.39, 0.29) is 6.61 Å². The summed E-state index contributed by atoms with van der Waals surface area (Å²) in [7, 11) is 0. The van der Waals surface area contributed by atoms with Crippen LogP contribution in [0.5, 0.6) is 0 Å². The number of aliphatic hydroxyl groups is 1. The Morgan fingerprint density at radius 3 is 2.59 bits per heavy atom. The summed E-state index contributed by atoms with van der Waals surface area (Å²) in [4.78, 5) is 0. The van der Waals surface area contributed by atoms with Crippen molar-refractivity contribution in [3.05, 3.63) is 65.2 Å². The summed E-state index contributed by atoms with van der Waals surface area (Å²) in [6, 6.07) is 16.0. The summed E-state index contributed by atoms with van der Waals surface area (Å²) < 4.78 is 1.75. The van der Waals surface area contributed by atoms with Crippen LogP contribution in [-0.4, -0.2) is 25.3 Å². The molecule has 6 heteroatoms. The smallest absolute Gasteiger partial charge is 0.214 e. The molecule has 0 saturated carbocycles. The van der Waals surface area contributed by atoms with Crippen LogP contribution in [-0.2, 0) is 12.4 Å². The van der Waals surface area contributed by atoms with Gasteiger partial charge in [-0.3, -0.25) is 0 Å². The molecule has 0 unspecified atom stereocenters. The molecule has 0 aliphatic rings. The fourth-order valence-corrected chi connectivity index (χ4v) is 2.93. The quantitative estimate of drug-likeness (QED) is 0.734. The standard InChI is InChI=1S/C16H16N4OS/c1-12-3-2-4-15(9-12)20-16(17-18-19-20)22-11-14-7-5-13(10-21)6-8-14/h2-9,21H,10-11H2,1H3. The van der Waals surface area contributed by atoms with Crippen molar-refractivity contribution >= 4 is 11.8 Å².